The monoisotopic (exact) mass is 260 g/mol. The van der Waals surface area contributed by atoms with E-state index < -0.39 is 0 Å². The SMILES string of the molecule is CCC(C)(CCO)NC(=O)CC1CSCCN1. The number of carbonyl (C=O) groups excluding carboxylic acids is 1. The second kappa shape index (κ2) is 7.24. The summed E-state index contributed by atoms with van der Waals surface area (Å²) in [6.07, 6.45) is 1.99. The maximum atomic E-state index is 11.9. The van der Waals surface area contributed by atoms with Crippen molar-refractivity contribution in [2.24, 2.45) is 0 Å². The Morgan fingerprint density at radius 3 is 2.94 bits per heavy atom. The van der Waals surface area contributed by atoms with E-state index in [2.05, 4.69) is 10.6 Å². The summed E-state index contributed by atoms with van der Waals surface area (Å²) >= 11 is 1.90. The van der Waals surface area contributed by atoms with E-state index in [9.17, 15) is 4.79 Å². The molecule has 1 aliphatic rings. The molecule has 3 N–H and O–H groups in total. The number of nitrogens with one attached hydrogen (secondary N) is 2. The quantitative estimate of drug-likeness (QED) is 0.659. The molecule has 1 rings (SSSR count). The van der Waals surface area contributed by atoms with Gasteiger partial charge in [0.1, 0.15) is 0 Å². The van der Waals surface area contributed by atoms with E-state index in [0.717, 1.165) is 24.5 Å². The number of rotatable bonds is 6. The van der Waals surface area contributed by atoms with Crippen molar-refractivity contribution < 1.29 is 9.90 Å². The van der Waals surface area contributed by atoms with Crippen LogP contribution in [-0.4, -0.2) is 47.3 Å². The Labute approximate surface area is 108 Å². The van der Waals surface area contributed by atoms with Crippen molar-refractivity contribution in [1.29, 1.82) is 0 Å². The molecule has 0 aromatic carbocycles. The summed E-state index contributed by atoms with van der Waals surface area (Å²) < 4.78 is 0. The molecule has 0 aliphatic carbocycles. The molecule has 17 heavy (non-hydrogen) atoms. The van der Waals surface area contributed by atoms with Crippen LogP contribution in [0.2, 0.25) is 0 Å². The number of carbonyl (C=O) groups is 1. The molecule has 100 valence electrons. The number of thioether (sulfide) groups is 1. The van der Waals surface area contributed by atoms with Crippen LogP contribution in [0.3, 0.4) is 0 Å². The first kappa shape index (κ1) is 14.8. The van der Waals surface area contributed by atoms with Gasteiger partial charge in [-0.2, -0.15) is 11.8 Å². The molecule has 1 saturated heterocycles. The van der Waals surface area contributed by atoms with Gasteiger partial charge in [-0.1, -0.05) is 6.92 Å². The van der Waals surface area contributed by atoms with Gasteiger partial charge in [0.2, 0.25) is 5.91 Å². The van der Waals surface area contributed by atoms with E-state index in [1.807, 2.05) is 25.6 Å². The summed E-state index contributed by atoms with van der Waals surface area (Å²) in [6, 6.07) is 0.295. The third kappa shape index (κ3) is 5.27. The van der Waals surface area contributed by atoms with E-state index in [4.69, 9.17) is 5.11 Å². The van der Waals surface area contributed by atoms with E-state index >= 15 is 0 Å². The summed E-state index contributed by atoms with van der Waals surface area (Å²) in [6.45, 7) is 5.13. The van der Waals surface area contributed by atoms with Crippen molar-refractivity contribution in [1.82, 2.24) is 10.6 Å². The van der Waals surface area contributed by atoms with Crippen molar-refractivity contribution in [3.8, 4) is 0 Å². The molecular weight excluding hydrogens is 236 g/mol. The molecular formula is C12H24N2O2S. The highest BCUT2D eigenvalue weighted by molar-refractivity contribution is 7.99. The maximum absolute atomic E-state index is 11.9. The normalized spacial score (nSPS) is 24.1. The van der Waals surface area contributed by atoms with Gasteiger partial charge in [0.25, 0.3) is 0 Å². The molecule has 4 nitrogen and oxygen atoms in total. The van der Waals surface area contributed by atoms with Gasteiger partial charge in [-0.3, -0.25) is 4.79 Å². The van der Waals surface area contributed by atoms with Crippen LogP contribution in [0.25, 0.3) is 0 Å². The van der Waals surface area contributed by atoms with Crippen LogP contribution in [0.4, 0.5) is 0 Å². The Morgan fingerprint density at radius 2 is 2.41 bits per heavy atom. The molecule has 0 radical (unpaired) electrons. The molecule has 1 heterocycles. The topological polar surface area (TPSA) is 61.4 Å². The third-order valence-electron chi connectivity index (χ3n) is 3.32. The fourth-order valence-electron chi connectivity index (χ4n) is 1.94. The minimum absolute atomic E-state index is 0.0859. The smallest absolute Gasteiger partial charge is 0.222 e. The molecule has 1 aliphatic heterocycles. The van der Waals surface area contributed by atoms with Gasteiger partial charge in [0.15, 0.2) is 0 Å². The predicted octanol–water partition coefficient (Wildman–Crippen LogP) is 0.749. The summed E-state index contributed by atoms with van der Waals surface area (Å²) in [5, 5.41) is 15.4. The first-order chi connectivity index (χ1) is 8.09. The lowest BCUT2D eigenvalue weighted by atomic mass is 9.94. The number of hydrogen-bond acceptors (Lipinski definition) is 4. The molecule has 0 aromatic heterocycles. The van der Waals surface area contributed by atoms with Gasteiger partial charge in [0, 0.05) is 42.7 Å². The predicted molar refractivity (Wildman–Crippen MR) is 72.3 cm³/mol. The summed E-state index contributed by atoms with van der Waals surface area (Å²) in [7, 11) is 0. The molecule has 0 aromatic rings. The van der Waals surface area contributed by atoms with Gasteiger partial charge < -0.3 is 15.7 Å². The highest BCUT2D eigenvalue weighted by Crippen LogP contribution is 2.15. The molecule has 0 saturated carbocycles. The first-order valence-corrected chi connectivity index (χ1v) is 7.48. The highest BCUT2D eigenvalue weighted by atomic mass is 32.2. The zero-order chi connectivity index (χ0) is 12.7. The van der Waals surface area contributed by atoms with Gasteiger partial charge in [-0.05, 0) is 19.8 Å². The number of aliphatic hydroxyl groups is 1. The van der Waals surface area contributed by atoms with Crippen molar-refractivity contribution >= 4 is 17.7 Å². The van der Waals surface area contributed by atoms with Crippen LogP contribution in [0.15, 0.2) is 0 Å². The van der Waals surface area contributed by atoms with Crippen molar-refractivity contribution in [2.45, 2.75) is 44.7 Å². The Bertz CT molecular complexity index is 245. The molecule has 0 bridgehead atoms. The molecule has 2 atom stereocenters. The number of hydrogen-bond donors (Lipinski definition) is 3. The zero-order valence-electron chi connectivity index (χ0n) is 10.8. The fourth-order valence-corrected chi connectivity index (χ4v) is 2.89. The van der Waals surface area contributed by atoms with Crippen LogP contribution in [0.1, 0.15) is 33.1 Å². The van der Waals surface area contributed by atoms with Gasteiger partial charge in [-0.25, -0.2) is 0 Å². The standard InChI is InChI=1S/C12H24N2O2S/c1-3-12(2,4-6-15)14-11(16)8-10-9-17-7-5-13-10/h10,13,15H,3-9H2,1-2H3,(H,14,16). The Morgan fingerprint density at radius 1 is 1.65 bits per heavy atom. The van der Waals surface area contributed by atoms with E-state index in [1.165, 1.54) is 0 Å². The largest absolute Gasteiger partial charge is 0.396 e. The highest BCUT2D eigenvalue weighted by Gasteiger charge is 2.25. The second-order valence-corrected chi connectivity index (χ2v) is 6.02. The van der Waals surface area contributed by atoms with E-state index in [1.54, 1.807) is 0 Å². The molecule has 5 heteroatoms. The minimum Gasteiger partial charge on any atom is -0.396 e. The molecule has 2 unspecified atom stereocenters. The van der Waals surface area contributed by atoms with Crippen LogP contribution in [0.5, 0.6) is 0 Å². The summed E-state index contributed by atoms with van der Waals surface area (Å²) in [5.74, 6) is 2.23. The van der Waals surface area contributed by atoms with Crippen molar-refractivity contribution in [3.63, 3.8) is 0 Å². The van der Waals surface area contributed by atoms with E-state index in [0.29, 0.717) is 18.9 Å². The average molecular weight is 260 g/mol. The van der Waals surface area contributed by atoms with Crippen LogP contribution in [0, 0.1) is 0 Å². The third-order valence-corrected chi connectivity index (χ3v) is 4.45. The second-order valence-electron chi connectivity index (χ2n) is 4.87. The first-order valence-electron chi connectivity index (χ1n) is 6.32. The van der Waals surface area contributed by atoms with Crippen LogP contribution in [-0.2, 0) is 4.79 Å². The van der Waals surface area contributed by atoms with Crippen molar-refractivity contribution in [3.05, 3.63) is 0 Å². The number of aliphatic hydroxyl groups excluding tert-OH is 1. The zero-order valence-corrected chi connectivity index (χ0v) is 11.6. The minimum atomic E-state index is -0.270. The summed E-state index contributed by atoms with van der Waals surface area (Å²) in [5.41, 5.74) is -0.270. The van der Waals surface area contributed by atoms with Crippen LogP contribution < -0.4 is 10.6 Å². The van der Waals surface area contributed by atoms with Gasteiger partial charge in [-0.15, -0.1) is 0 Å². The molecule has 1 fully saturated rings. The van der Waals surface area contributed by atoms with Gasteiger partial charge >= 0.3 is 0 Å². The Balaban J connectivity index is 2.36. The maximum Gasteiger partial charge on any atom is 0.222 e. The molecule has 1 amide bonds. The van der Waals surface area contributed by atoms with Gasteiger partial charge in [0.05, 0.1) is 0 Å². The summed E-state index contributed by atoms with van der Waals surface area (Å²) in [4.78, 5) is 11.9. The lowest BCUT2D eigenvalue weighted by Crippen LogP contribution is -2.49. The lowest BCUT2D eigenvalue weighted by Gasteiger charge is -2.30. The molecule has 0 spiro atoms. The fraction of sp³-hybridized carbons (Fsp3) is 0.917. The number of amides is 1. The Hall–Kier alpha value is -0.260. The average Bonchev–Trinajstić information content (AvgIpc) is 2.30. The van der Waals surface area contributed by atoms with E-state index in [-0.39, 0.29) is 18.1 Å². The van der Waals surface area contributed by atoms with Crippen LogP contribution >= 0.6 is 11.8 Å². The lowest BCUT2D eigenvalue weighted by molar-refractivity contribution is -0.123. The Kier molecular flexibility index (Phi) is 6.30. The van der Waals surface area contributed by atoms with Crippen molar-refractivity contribution in [2.75, 3.05) is 24.7 Å².